The monoisotopic (exact) mass is 275 g/mol. The van der Waals surface area contributed by atoms with Gasteiger partial charge in [-0.15, -0.1) is 0 Å². The fourth-order valence-electron chi connectivity index (χ4n) is 1.44. The van der Waals surface area contributed by atoms with Crippen molar-refractivity contribution in [1.82, 2.24) is 15.2 Å². The van der Waals surface area contributed by atoms with E-state index in [1.807, 2.05) is 0 Å². The quantitative estimate of drug-likeness (QED) is 0.735. The molecule has 1 aromatic heterocycles. The number of aliphatic hydroxyl groups is 1. The topological polar surface area (TPSA) is 82.5 Å². The molecule has 0 radical (unpaired) electrons. The summed E-state index contributed by atoms with van der Waals surface area (Å²) >= 11 is 0. The molecule has 2 amide bonds. The fourth-order valence-corrected chi connectivity index (χ4v) is 1.44. The highest BCUT2D eigenvalue weighted by molar-refractivity contribution is 5.96. The molecule has 0 aliphatic heterocycles. The summed E-state index contributed by atoms with van der Waals surface area (Å²) in [6, 6.07) is 3.36. The molecule has 0 spiro atoms. The molecule has 20 heavy (non-hydrogen) atoms. The maximum atomic E-state index is 12.2. The van der Waals surface area contributed by atoms with E-state index in [0.717, 1.165) is 0 Å². The lowest BCUT2D eigenvalue weighted by atomic mass is 10.1. The molecule has 1 aromatic rings. The third-order valence-electron chi connectivity index (χ3n) is 2.48. The summed E-state index contributed by atoms with van der Waals surface area (Å²) in [5.74, 6) is 4.91. The molecule has 6 heteroatoms. The third-order valence-corrected chi connectivity index (χ3v) is 2.48. The van der Waals surface area contributed by atoms with Gasteiger partial charge in [0.1, 0.15) is 5.69 Å². The highest BCUT2D eigenvalue weighted by Gasteiger charge is 2.18. The van der Waals surface area contributed by atoms with Crippen LogP contribution in [0.25, 0.3) is 0 Å². The molecule has 1 heterocycles. The Labute approximate surface area is 117 Å². The lowest BCUT2D eigenvalue weighted by molar-refractivity contribution is -0.121. The number of carbonyl (C=O) groups excluding carboxylic acids is 2. The molecular weight excluding hydrogens is 258 g/mol. The van der Waals surface area contributed by atoms with Gasteiger partial charge >= 0.3 is 0 Å². The summed E-state index contributed by atoms with van der Waals surface area (Å²) in [7, 11) is 3.03. The van der Waals surface area contributed by atoms with Crippen molar-refractivity contribution in [3.8, 4) is 11.8 Å². The summed E-state index contributed by atoms with van der Waals surface area (Å²) in [6.07, 6.45) is 1.83. The zero-order chi connectivity index (χ0) is 15.0. The summed E-state index contributed by atoms with van der Waals surface area (Å²) in [5.41, 5.74) is 0.680. The Kier molecular flexibility index (Phi) is 6.20. The number of aromatic nitrogens is 1. The van der Waals surface area contributed by atoms with Crippen LogP contribution in [0.1, 0.15) is 22.5 Å². The predicted molar refractivity (Wildman–Crippen MR) is 73.8 cm³/mol. The van der Waals surface area contributed by atoms with Gasteiger partial charge in [-0.05, 0) is 12.1 Å². The number of hydrogen-bond donors (Lipinski definition) is 2. The van der Waals surface area contributed by atoms with Crippen LogP contribution in [0.15, 0.2) is 18.3 Å². The van der Waals surface area contributed by atoms with Gasteiger partial charge in [-0.25, -0.2) is 4.98 Å². The van der Waals surface area contributed by atoms with Gasteiger partial charge in [-0.1, -0.05) is 11.8 Å². The van der Waals surface area contributed by atoms with Crippen molar-refractivity contribution in [3.05, 3.63) is 29.6 Å². The Morgan fingerprint density at radius 1 is 1.50 bits per heavy atom. The second-order valence-electron chi connectivity index (χ2n) is 4.01. The van der Waals surface area contributed by atoms with Gasteiger partial charge in [0.25, 0.3) is 5.91 Å². The Morgan fingerprint density at radius 2 is 2.25 bits per heavy atom. The van der Waals surface area contributed by atoms with E-state index in [4.69, 9.17) is 5.11 Å². The highest BCUT2D eigenvalue weighted by Crippen LogP contribution is 2.07. The van der Waals surface area contributed by atoms with Crippen molar-refractivity contribution in [3.63, 3.8) is 0 Å². The minimum atomic E-state index is -0.373. The van der Waals surface area contributed by atoms with Gasteiger partial charge in [-0.3, -0.25) is 9.59 Å². The van der Waals surface area contributed by atoms with Gasteiger partial charge < -0.3 is 15.3 Å². The number of nitrogens with one attached hydrogen (secondary N) is 1. The Balaban J connectivity index is 2.93. The molecule has 0 atom stereocenters. The normalized spacial score (nSPS) is 9.35. The zero-order valence-corrected chi connectivity index (χ0v) is 11.5. The molecule has 0 aromatic carbocycles. The van der Waals surface area contributed by atoms with Gasteiger partial charge in [0, 0.05) is 26.7 Å². The van der Waals surface area contributed by atoms with Gasteiger partial charge in [-0.2, -0.15) is 0 Å². The van der Waals surface area contributed by atoms with Crippen molar-refractivity contribution >= 4 is 11.8 Å². The number of carbonyl (C=O) groups is 2. The Hall–Kier alpha value is -2.39. The summed E-state index contributed by atoms with van der Waals surface area (Å²) in [6.45, 7) is -0.0808. The summed E-state index contributed by atoms with van der Waals surface area (Å²) in [4.78, 5) is 28.8. The molecule has 0 fully saturated rings. The first-order valence-corrected chi connectivity index (χ1v) is 6.11. The Bertz CT molecular complexity index is 546. The van der Waals surface area contributed by atoms with Crippen molar-refractivity contribution in [2.24, 2.45) is 0 Å². The molecule has 1 rings (SSSR count). The van der Waals surface area contributed by atoms with Gasteiger partial charge in [0.15, 0.2) is 0 Å². The van der Waals surface area contributed by atoms with Gasteiger partial charge in [0.2, 0.25) is 5.91 Å². The SMILES string of the molecule is CNC(=O)CN(C)C(=O)c1ncccc1C#CCCO. The molecule has 0 bridgehead atoms. The first-order chi connectivity index (χ1) is 9.60. The van der Waals surface area contributed by atoms with E-state index in [9.17, 15) is 9.59 Å². The van der Waals surface area contributed by atoms with Crippen LogP contribution in [0.4, 0.5) is 0 Å². The number of aliphatic hydroxyl groups excluding tert-OH is 1. The fraction of sp³-hybridized carbons (Fsp3) is 0.357. The van der Waals surface area contributed by atoms with E-state index in [1.54, 1.807) is 12.1 Å². The van der Waals surface area contributed by atoms with Crippen LogP contribution in [-0.4, -0.2) is 54.1 Å². The van der Waals surface area contributed by atoms with Crippen LogP contribution in [-0.2, 0) is 4.79 Å². The van der Waals surface area contributed by atoms with Crippen molar-refractivity contribution in [1.29, 1.82) is 0 Å². The van der Waals surface area contributed by atoms with E-state index >= 15 is 0 Å². The first kappa shape index (κ1) is 15.7. The van der Waals surface area contributed by atoms with Crippen LogP contribution in [0.2, 0.25) is 0 Å². The smallest absolute Gasteiger partial charge is 0.273 e. The van der Waals surface area contributed by atoms with Crippen molar-refractivity contribution in [2.45, 2.75) is 6.42 Å². The standard InChI is InChI=1S/C14H17N3O3/c1-15-12(19)10-17(2)14(20)13-11(6-3-4-9-18)7-5-8-16-13/h5,7-8,18H,4,9-10H2,1-2H3,(H,15,19). The summed E-state index contributed by atoms with van der Waals surface area (Å²) in [5, 5.41) is 11.1. The van der Waals surface area contributed by atoms with Crippen LogP contribution in [0.3, 0.4) is 0 Å². The average molecular weight is 275 g/mol. The van der Waals surface area contributed by atoms with Crippen LogP contribution in [0, 0.1) is 11.8 Å². The zero-order valence-electron chi connectivity index (χ0n) is 11.5. The number of nitrogens with zero attached hydrogens (tertiary/aromatic N) is 2. The lowest BCUT2D eigenvalue weighted by Crippen LogP contribution is -2.37. The number of hydrogen-bond acceptors (Lipinski definition) is 4. The largest absolute Gasteiger partial charge is 0.395 e. The molecule has 0 saturated heterocycles. The third kappa shape index (κ3) is 4.37. The average Bonchev–Trinajstić information content (AvgIpc) is 2.47. The molecule has 2 N–H and O–H groups in total. The minimum Gasteiger partial charge on any atom is -0.395 e. The Morgan fingerprint density at radius 3 is 2.90 bits per heavy atom. The van der Waals surface area contributed by atoms with E-state index < -0.39 is 0 Å². The maximum absolute atomic E-state index is 12.2. The number of pyridine rings is 1. The number of amides is 2. The second-order valence-corrected chi connectivity index (χ2v) is 4.01. The highest BCUT2D eigenvalue weighted by atomic mass is 16.2. The van der Waals surface area contributed by atoms with Crippen LogP contribution in [0.5, 0.6) is 0 Å². The predicted octanol–water partition coefficient (Wildman–Crippen LogP) is -0.367. The van der Waals surface area contributed by atoms with E-state index in [1.165, 1.54) is 25.2 Å². The van der Waals surface area contributed by atoms with Crippen molar-refractivity contribution in [2.75, 3.05) is 27.2 Å². The van der Waals surface area contributed by atoms with Gasteiger partial charge in [0.05, 0.1) is 18.7 Å². The van der Waals surface area contributed by atoms with Crippen LogP contribution >= 0.6 is 0 Å². The summed E-state index contributed by atoms with van der Waals surface area (Å²) < 4.78 is 0. The molecule has 0 aliphatic carbocycles. The molecule has 6 nitrogen and oxygen atoms in total. The van der Waals surface area contributed by atoms with E-state index in [0.29, 0.717) is 12.0 Å². The first-order valence-electron chi connectivity index (χ1n) is 6.11. The van der Waals surface area contributed by atoms with E-state index in [2.05, 4.69) is 22.1 Å². The molecule has 0 saturated carbocycles. The molecular formula is C14H17N3O3. The van der Waals surface area contributed by atoms with Crippen LogP contribution < -0.4 is 5.32 Å². The minimum absolute atomic E-state index is 0.0346. The molecule has 106 valence electrons. The second kappa shape index (κ2) is 7.92. The van der Waals surface area contributed by atoms with Crippen molar-refractivity contribution < 1.29 is 14.7 Å². The number of likely N-dealkylation sites (N-methyl/N-ethyl adjacent to an activating group) is 2. The molecule has 0 aliphatic rings. The number of rotatable bonds is 4. The lowest BCUT2D eigenvalue weighted by Gasteiger charge is -2.16. The van der Waals surface area contributed by atoms with E-state index in [-0.39, 0.29) is 30.7 Å². The maximum Gasteiger partial charge on any atom is 0.273 e. The molecule has 0 unspecified atom stereocenters.